The van der Waals surface area contributed by atoms with Crippen molar-refractivity contribution in [3.8, 4) is 0 Å². The molecule has 5 rings (SSSR count). The van der Waals surface area contributed by atoms with Gasteiger partial charge in [-0.05, 0) is 112 Å². The molecule has 0 unspecified atom stereocenters. The zero-order valence-corrected chi connectivity index (χ0v) is 24.7. The Morgan fingerprint density at radius 1 is 1.00 bits per heavy atom. The summed E-state index contributed by atoms with van der Waals surface area (Å²) in [5.41, 5.74) is 1.95. The molecule has 5 fully saturated rings. The zero-order valence-electron chi connectivity index (χ0n) is 23.7. The van der Waals surface area contributed by atoms with E-state index < -0.39 is 14.1 Å². The Hall–Kier alpha value is -0.203. The highest BCUT2D eigenvalue weighted by Gasteiger charge is 2.70. The van der Waals surface area contributed by atoms with Gasteiger partial charge in [-0.2, -0.15) is 0 Å². The molecule has 0 bridgehead atoms. The summed E-state index contributed by atoms with van der Waals surface area (Å²) in [7, 11) is -1.80. The van der Waals surface area contributed by atoms with Gasteiger partial charge in [0.05, 0.1) is 18.3 Å². The van der Waals surface area contributed by atoms with E-state index in [1.54, 1.807) is 5.57 Å². The summed E-state index contributed by atoms with van der Waals surface area (Å²) in [6, 6.07) is 3.59. The van der Waals surface area contributed by atoms with Crippen molar-refractivity contribution in [3.05, 3.63) is 11.6 Å². The third-order valence-corrected chi connectivity index (χ3v) is 16.6. The second-order valence-corrected chi connectivity index (χ2v) is 18.4. The van der Waals surface area contributed by atoms with Gasteiger partial charge < -0.3 is 19.0 Å². The molecule has 0 aromatic carbocycles. The lowest BCUT2D eigenvalue weighted by Gasteiger charge is -2.65. The van der Waals surface area contributed by atoms with Crippen LogP contribution in [0.1, 0.15) is 93.9 Å². The molecule has 0 spiro atoms. The molecule has 5 heteroatoms. The van der Waals surface area contributed by atoms with Crippen LogP contribution in [0.5, 0.6) is 0 Å². The summed E-state index contributed by atoms with van der Waals surface area (Å²) in [6.07, 6.45) is 9.10. The minimum Gasteiger partial charge on any atom is -0.414 e. The highest BCUT2D eigenvalue weighted by atomic mass is 28.4. The molecule has 5 aliphatic rings. The lowest BCUT2D eigenvalue weighted by molar-refractivity contribution is -0.213. The van der Waals surface area contributed by atoms with E-state index >= 15 is 0 Å². The maximum absolute atomic E-state index is 10.8. The van der Waals surface area contributed by atoms with Crippen LogP contribution in [0.2, 0.25) is 18.1 Å². The minimum absolute atomic E-state index is 0.0781. The van der Waals surface area contributed by atoms with Gasteiger partial charge >= 0.3 is 0 Å². The molecule has 4 saturated carbocycles. The van der Waals surface area contributed by atoms with E-state index in [-0.39, 0.29) is 35.2 Å². The fourth-order valence-corrected chi connectivity index (χ4v) is 12.9. The summed E-state index contributed by atoms with van der Waals surface area (Å²) in [5, 5.41) is 10.8. The predicted molar refractivity (Wildman–Crippen MR) is 144 cm³/mol. The molecule has 10 atom stereocenters. The van der Waals surface area contributed by atoms with Gasteiger partial charge in [0.2, 0.25) is 0 Å². The average molecular weight is 505 g/mol. The van der Waals surface area contributed by atoms with Crippen molar-refractivity contribution in [1.82, 2.24) is 0 Å². The smallest absolute Gasteiger partial charge is 0.192 e. The van der Waals surface area contributed by atoms with Crippen LogP contribution < -0.4 is 0 Å². The van der Waals surface area contributed by atoms with Crippen molar-refractivity contribution in [2.24, 2.45) is 34.5 Å². The first kappa shape index (κ1) is 26.4. The molecule has 4 aliphatic carbocycles. The van der Waals surface area contributed by atoms with Crippen molar-refractivity contribution in [2.45, 2.75) is 142 Å². The van der Waals surface area contributed by atoms with Crippen LogP contribution in [0.15, 0.2) is 11.6 Å². The summed E-state index contributed by atoms with van der Waals surface area (Å²) < 4.78 is 21.2. The normalized spacial score (nSPS) is 49.9. The standard InChI is InChI=1S/C30H52O4Si/c1-9-19-13-14-21-24-25(23(18-30(19,21)8)34-35(10-2,11-3)12-4)29(7)16-15-20(31)17-22(29)26-27(24)33-28(5,6)32-26/h9,20-27,31H,10-18H2,1-8H3/b19-9-/t20-,21-,22+,23-,24-,25-,26+,27+,29-,30+/m0/s1. The van der Waals surface area contributed by atoms with Crippen LogP contribution in [-0.2, 0) is 13.9 Å². The Bertz CT molecular complexity index is 828. The van der Waals surface area contributed by atoms with E-state index in [1.807, 2.05) is 0 Å². The summed E-state index contributed by atoms with van der Waals surface area (Å²) in [5.74, 6) is 1.32. The number of hydrogen-bond acceptors (Lipinski definition) is 4. The van der Waals surface area contributed by atoms with Gasteiger partial charge in [0.1, 0.15) is 0 Å². The predicted octanol–water partition coefficient (Wildman–Crippen LogP) is 7.08. The largest absolute Gasteiger partial charge is 0.414 e. The average Bonchev–Trinajstić information content (AvgIpc) is 3.33. The van der Waals surface area contributed by atoms with Crippen molar-refractivity contribution in [2.75, 3.05) is 0 Å². The highest BCUT2D eigenvalue weighted by Crippen LogP contribution is 2.70. The van der Waals surface area contributed by atoms with Crippen molar-refractivity contribution in [3.63, 3.8) is 0 Å². The number of fused-ring (bicyclic) bond motifs is 8. The molecule has 200 valence electrons. The van der Waals surface area contributed by atoms with Crippen LogP contribution in [0.4, 0.5) is 0 Å². The van der Waals surface area contributed by atoms with Gasteiger partial charge in [-0.25, -0.2) is 0 Å². The lowest BCUT2D eigenvalue weighted by Crippen LogP contribution is -2.67. The molecule has 0 aromatic rings. The van der Waals surface area contributed by atoms with Gasteiger partial charge in [-0.15, -0.1) is 0 Å². The number of aliphatic hydroxyl groups is 1. The molecule has 0 aromatic heterocycles. The van der Waals surface area contributed by atoms with Crippen LogP contribution in [0.3, 0.4) is 0 Å². The second-order valence-electron chi connectivity index (χ2n) is 13.7. The van der Waals surface area contributed by atoms with Gasteiger partial charge in [0.15, 0.2) is 14.1 Å². The summed E-state index contributed by atoms with van der Waals surface area (Å²) in [6.45, 7) is 18.6. The summed E-state index contributed by atoms with van der Waals surface area (Å²) in [4.78, 5) is 0. The van der Waals surface area contributed by atoms with E-state index in [1.165, 1.54) is 31.0 Å². The SMILES string of the molecule is C/C=C1/CC[C@H]2[C@@H]3[C@H]4OC(C)(C)O[C@@H]4[C@H]4C[C@@H](O)CC[C@]4(C)[C@H]3[C@@H](O[Si](CC)(CC)CC)C[C@]12C. The Morgan fingerprint density at radius 3 is 2.29 bits per heavy atom. The number of allylic oxidation sites excluding steroid dienone is 2. The molecule has 0 amide bonds. The molecule has 35 heavy (non-hydrogen) atoms. The third-order valence-electron chi connectivity index (χ3n) is 12.0. The molecule has 1 N–H and O–H groups in total. The highest BCUT2D eigenvalue weighted by molar-refractivity contribution is 6.73. The first-order valence-electron chi connectivity index (χ1n) is 14.8. The van der Waals surface area contributed by atoms with Gasteiger partial charge in [0.25, 0.3) is 0 Å². The van der Waals surface area contributed by atoms with Crippen molar-refractivity contribution in [1.29, 1.82) is 0 Å². The van der Waals surface area contributed by atoms with E-state index in [9.17, 15) is 5.11 Å². The number of hydrogen-bond donors (Lipinski definition) is 1. The van der Waals surface area contributed by atoms with Crippen LogP contribution >= 0.6 is 0 Å². The number of rotatable bonds is 5. The van der Waals surface area contributed by atoms with Crippen LogP contribution in [0.25, 0.3) is 0 Å². The van der Waals surface area contributed by atoms with Gasteiger partial charge in [0, 0.05) is 6.10 Å². The Kier molecular flexibility index (Phi) is 6.74. The molecular formula is C30H52O4Si. The van der Waals surface area contributed by atoms with E-state index in [0.29, 0.717) is 23.7 Å². The van der Waals surface area contributed by atoms with E-state index in [2.05, 4.69) is 61.5 Å². The molecule has 1 aliphatic heterocycles. The second kappa shape index (κ2) is 8.93. The first-order valence-corrected chi connectivity index (χ1v) is 17.4. The molecule has 0 radical (unpaired) electrons. The van der Waals surface area contributed by atoms with Crippen molar-refractivity contribution < 1.29 is 19.0 Å². The number of ether oxygens (including phenoxy) is 2. The minimum atomic E-state index is -1.80. The maximum Gasteiger partial charge on any atom is 0.192 e. The van der Waals surface area contributed by atoms with E-state index in [4.69, 9.17) is 13.9 Å². The fourth-order valence-electron chi connectivity index (χ4n) is 10.00. The number of aliphatic hydroxyl groups excluding tert-OH is 1. The Balaban J connectivity index is 1.65. The molecule has 1 saturated heterocycles. The first-order chi connectivity index (χ1) is 16.5. The Labute approximate surface area is 215 Å². The lowest BCUT2D eigenvalue weighted by atomic mass is 9.43. The van der Waals surface area contributed by atoms with Gasteiger partial charge in [-0.1, -0.05) is 46.3 Å². The van der Waals surface area contributed by atoms with Crippen LogP contribution in [0, 0.1) is 34.5 Å². The topological polar surface area (TPSA) is 47.9 Å². The third kappa shape index (κ3) is 3.88. The van der Waals surface area contributed by atoms with Crippen LogP contribution in [-0.4, -0.2) is 43.6 Å². The van der Waals surface area contributed by atoms with E-state index in [0.717, 1.165) is 25.7 Å². The monoisotopic (exact) mass is 504 g/mol. The molecule has 1 heterocycles. The maximum atomic E-state index is 10.8. The van der Waals surface area contributed by atoms with Gasteiger partial charge in [-0.3, -0.25) is 0 Å². The molecule has 4 nitrogen and oxygen atoms in total. The van der Waals surface area contributed by atoms with Crippen molar-refractivity contribution >= 4 is 8.32 Å². The quantitative estimate of drug-likeness (QED) is 0.321. The fraction of sp³-hybridized carbons (Fsp3) is 0.933. The molecular weight excluding hydrogens is 452 g/mol. The summed E-state index contributed by atoms with van der Waals surface area (Å²) >= 11 is 0. The zero-order chi connectivity index (χ0) is 25.4. The Morgan fingerprint density at radius 2 is 1.66 bits per heavy atom.